The summed E-state index contributed by atoms with van der Waals surface area (Å²) < 4.78 is 17.4. The summed E-state index contributed by atoms with van der Waals surface area (Å²) >= 11 is 0. The highest BCUT2D eigenvalue weighted by Gasteiger charge is 2.23. The van der Waals surface area contributed by atoms with Gasteiger partial charge >= 0.3 is 18.0 Å². The summed E-state index contributed by atoms with van der Waals surface area (Å²) in [5.74, 6) is -2.70. The molecule has 0 saturated heterocycles. The van der Waals surface area contributed by atoms with Crippen LogP contribution in [0.15, 0.2) is 18.2 Å². The van der Waals surface area contributed by atoms with Gasteiger partial charge in [-0.25, -0.2) is 14.0 Å². The van der Waals surface area contributed by atoms with Crippen LogP contribution in [0.25, 0.3) is 0 Å². The van der Waals surface area contributed by atoms with Crippen molar-refractivity contribution in [3.05, 3.63) is 29.6 Å². The number of hydrogen-bond donors (Lipinski definition) is 3. The molecule has 0 radical (unpaired) electrons. The monoisotopic (exact) mass is 298 g/mol. The maximum absolute atomic E-state index is 13.1. The molecule has 0 unspecified atom stereocenters. The molecule has 3 N–H and O–H groups in total. The third-order valence-electron chi connectivity index (χ3n) is 2.65. The number of carbonyl (C=O) groups is 3. The Morgan fingerprint density at radius 1 is 1.38 bits per heavy atom. The number of methoxy groups -OCH3 is 1. The van der Waals surface area contributed by atoms with Crippen LogP contribution in [0.5, 0.6) is 0 Å². The van der Waals surface area contributed by atoms with Crippen molar-refractivity contribution in [3.63, 3.8) is 0 Å². The number of carbonyl (C=O) groups excluding carboxylic acids is 2. The Bertz CT molecular complexity index is 561. The van der Waals surface area contributed by atoms with Crippen LogP contribution in [0.2, 0.25) is 0 Å². The van der Waals surface area contributed by atoms with Crippen LogP contribution >= 0.6 is 0 Å². The van der Waals surface area contributed by atoms with Crippen molar-refractivity contribution in [2.75, 3.05) is 12.4 Å². The average Bonchev–Trinajstić information content (AvgIpc) is 2.41. The van der Waals surface area contributed by atoms with Gasteiger partial charge in [0.1, 0.15) is 11.9 Å². The number of hydrogen-bond acceptors (Lipinski definition) is 4. The van der Waals surface area contributed by atoms with Crippen molar-refractivity contribution in [1.29, 1.82) is 0 Å². The fraction of sp³-hybridized carbons (Fsp3) is 0.308. The molecule has 0 aromatic heterocycles. The van der Waals surface area contributed by atoms with Crippen molar-refractivity contribution < 1.29 is 28.6 Å². The molecule has 7 nitrogen and oxygen atoms in total. The molecule has 1 aromatic carbocycles. The van der Waals surface area contributed by atoms with Crippen LogP contribution in [-0.4, -0.2) is 36.2 Å². The Balaban J connectivity index is 2.72. The van der Waals surface area contributed by atoms with Crippen LogP contribution in [0.1, 0.15) is 12.0 Å². The van der Waals surface area contributed by atoms with E-state index in [-0.39, 0.29) is 5.69 Å². The largest absolute Gasteiger partial charge is 0.480 e. The number of benzene rings is 1. The summed E-state index contributed by atoms with van der Waals surface area (Å²) in [6, 6.07) is 1.50. The minimum atomic E-state index is -1.44. The molecule has 0 saturated carbocycles. The number of rotatable bonds is 5. The van der Waals surface area contributed by atoms with Gasteiger partial charge in [0.2, 0.25) is 0 Å². The number of nitrogens with one attached hydrogen (secondary N) is 2. The highest BCUT2D eigenvalue weighted by Crippen LogP contribution is 2.15. The summed E-state index contributed by atoms with van der Waals surface area (Å²) in [5, 5.41) is 13.3. The van der Waals surface area contributed by atoms with Crippen molar-refractivity contribution in [1.82, 2.24) is 5.32 Å². The minimum absolute atomic E-state index is 0.203. The lowest BCUT2D eigenvalue weighted by molar-refractivity contribution is -0.147. The third kappa shape index (κ3) is 5.09. The third-order valence-corrected chi connectivity index (χ3v) is 2.65. The van der Waals surface area contributed by atoms with E-state index >= 15 is 0 Å². The van der Waals surface area contributed by atoms with Crippen LogP contribution in [-0.2, 0) is 14.3 Å². The molecule has 0 aliphatic rings. The topological polar surface area (TPSA) is 105 Å². The second-order valence-electron chi connectivity index (χ2n) is 4.23. The standard InChI is InChI=1S/C13H15FN2O5/c1-7-3-4-8(14)5-9(7)15-13(20)16-10(12(18)19)6-11(17)21-2/h3-5,10H,6H2,1-2H3,(H,18,19)(H2,15,16,20)/t10-/m0/s1. The fourth-order valence-electron chi connectivity index (χ4n) is 1.50. The molecule has 0 aliphatic heterocycles. The van der Waals surface area contributed by atoms with Gasteiger partial charge in [0, 0.05) is 5.69 Å². The van der Waals surface area contributed by atoms with E-state index < -0.39 is 36.2 Å². The van der Waals surface area contributed by atoms with Crippen molar-refractivity contribution >= 4 is 23.7 Å². The number of amides is 2. The Hall–Kier alpha value is -2.64. The average molecular weight is 298 g/mol. The number of anilines is 1. The molecule has 21 heavy (non-hydrogen) atoms. The first-order valence-electron chi connectivity index (χ1n) is 5.96. The summed E-state index contributed by atoms with van der Waals surface area (Å²) in [6.45, 7) is 1.65. The van der Waals surface area contributed by atoms with Crippen LogP contribution in [0.4, 0.5) is 14.9 Å². The van der Waals surface area contributed by atoms with E-state index in [1.807, 2.05) is 0 Å². The van der Waals surface area contributed by atoms with Gasteiger partial charge in [-0.3, -0.25) is 4.79 Å². The van der Waals surface area contributed by atoms with E-state index in [2.05, 4.69) is 15.4 Å². The molecule has 0 spiro atoms. The van der Waals surface area contributed by atoms with E-state index in [4.69, 9.17) is 5.11 Å². The maximum Gasteiger partial charge on any atom is 0.326 e. The number of halogens is 1. The summed E-state index contributed by atoms with van der Waals surface area (Å²) in [5.41, 5.74) is 0.807. The summed E-state index contributed by atoms with van der Waals surface area (Å²) in [7, 11) is 1.11. The smallest absolute Gasteiger partial charge is 0.326 e. The first kappa shape index (κ1) is 16.4. The quantitative estimate of drug-likeness (QED) is 0.710. The zero-order chi connectivity index (χ0) is 16.0. The first-order chi connectivity index (χ1) is 9.83. The molecule has 0 bridgehead atoms. The molecule has 0 aliphatic carbocycles. The molecule has 8 heteroatoms. The van der Waals surface area contributed by atoms with Gasteiger partial charge in [0.15, 0.2) is 0 Å². The lowest BCUT2D eigenvalue weighted by atomic mass is 10.2. The number of carboxylic acids is 1. The van der Waals surface area contributed by atoms with E-state index in [0.29, 0.717) is 5.56 Å². The molecule has 1 rings (SSSR count). The number of carboxylic acid groups (broad SMARTS) is 1. The van der Waals surface area contributed by atoms with E-state index in [1.54, 1.807) is 6.92 Å². The predicted molar refractivity (Wildman–Crippen MR) is 71.3 cm³/mol. The van der Waals surface area contributed by atoms with Crippen molar-refractivity contribution in [2.24, 2.45) is 0 Å². The van der Waals surface area contributed by atoms with Crippen LogP contribution < -0.4 is 10.6 Å². The van der Waals surface area contributed by atoms with Gasteiger partial charge in [-0.05, 0) is 24.6 Å². The number of aliphatic carboxylic acids is 1. The van der Waals surface area contributed by atoms with Crippen molar-refractivity contribution in [3.8, 4) is 0 Å². The zero-order valence-corrected chi connectivity index (χ0v) is 11.5. The molecule has 114 valence electrons. The number of urea groups is 1. The minimum Gasteiger partial charge on any atom is -0.480 e. The molecular weight excluding hydrogens is 283 g/mol. The molecule has 0 fully saturated rings. The SMILES string of the molecule is COC(=O)C[C@H](NC(=O)Nc1cc(F)ccc1C)C(=O)O. The Morgan fingerprint density at radius 2 is 2.05 bits per heavy atom. The van der Waals surface area contributed by atoms with E-state index in [1.165, 1.54) is 12.1 Å². The molecular formula is C13H15FN2O5. The number of esters is 1. The summed E-state index contributed by atoms with van der Waals surface area (Å²) in [6.07, 6.45) is -0.513. The highest BCUT2D eigenvalue weighted by atomic mass is 19.1. The van der Waals surface area contributed by atoms with Gasteiger partial charge in [-0.2, -0.15) is 0 Å². The molecule has 1 atom stereocenters. The first-order valence-corrected chi connectivity index (χ1v) is 5.96. The maximum atomic E-state index is 13.1. The number of ether oxygens (including phenoxy) is 1. The molecule has 2 amide bonds. The Kier molecular flexibility index (Phi) is 5.65. The molecule has 0 heterocycles. The van der Waals surface area contributed by atoms with Gasteiger partial charge in [0.25, 0.3) is 0 Å². The Labute approximate surface area is 120 Å². The predicted octanol–water partition coefficient (Wildman–Crippen LogP) is 1.27. The highest BCUT2D eigenvalue weighted by molar-refractivity contribution is 5.94. The van der Waals surface area contributed by atoms with Crippen LogP contribution in [0, 0.1) is 12.7 Å². The van der Waals surface area contributed by atoms with Gasteiger partial charge < -0.3 is 20.5 Å². The second kappa shape index (κ2) is 7.22. The van der Waals surface area contributed by atoms with Gasteiger partial charge in [0.05, 0.1) is 13.5 Å². The lowest BCUT2D eigenvalue weighted by Crippen LogP contribution is -2.44. The van der Waals surface area contributed by atoms with E-state index in [9.17, 15) is 18.8 Å². The van der Waals surface area contributed by atoms with E-state index in [0.717, 1.165) is 13.2 Å². The number of aryl methyl sites for hydroxylation is 1. The van der Waals surface area contributed by atoms with Crippen molar-refractivity contribution in [2.45, 2.75) is 19.4 Å². The summed E-state index contributed by atoms with van der Waals surface area (Å²) in [4.78, 5) is 33.7. The second-order valence-corrected chi connectivity index (χ2v) is 4.23. The zero-order valence-electron chi connectivity index (χ0n) is 11.5. The Morgan fingerprint density at radius 3 is 2.62 bits per heavy atom. The van der Waals surface area contributed by atoms with Gasteiger partial charge in [-0.15, -0.1) is 0 Å². The van der Waals surface area contributed by atoms with Gasteiger partial charge in [-0.1, -0.05) is 6.07 Å². The fourth-order valence-corrected chi connectivity index (χ4v) is 1.50. The lowest BCUT2D eigenvalue weighted by Gasteiger charge is -2.15. The normalized spacial score (nSPS) is 11.4. The molecule has 1 aromatic rings. The van der Waals surface area contributed by atoms with Crippen LogP contribution in [0.3, 0.4) is 0 Å².